The van der Waals surface area contributed by atoms with Gasteiger partial charge in [0.1, 0.15) is 0 Å². The van der Waals surface area contributed by atoms with Crippen molar-refractivity contribution in [3.05, 3.63) is 0 Å². The first kappa shape index (κ1) is 11.3. The van der Waals surface area contributed by atoms with Gasteiger partial charge in [0.05, 0.1) is 38.6 Å². The molecule has 0 radical (unpaired) electrons. The number of epoxide rings is 2. The Bertz CT molecular complexity index is 111. The molecule has 2 N–H and O–H groups in total. The Balaban J connectivity index is 0.000000184. The molecule has 0 saturated carbocycles. The van der Waals surface area contributed by atoms with Gasteiger partial charge in [-0.05, 0) is 0 Å². The average Bonchev–Trinajstić information content (AvgIpc) is 2.98. The molecule has 0 spiro atoms. The van der Waals surface area contributed by atoms with Crippen molar-refractivity contribution in [1.29, 1.82) is 0 Å². The van der Waals surface area contributed by atoms with Crippen molar-refractivity contribution >= 4 is 11.8 Å². The van der Waals surface area contributed by atoms with Gasteiger partial charge >= 0.3 is 0 Å². The van der Waals surface area contributed by atoms with Gasteiger partial charge in [-0.1, -0.05) is 0 Å². The summed E-state index contributed by atoms with van der Waals surface area (Å²) < 4.78 is 10.1. The van der Waals surface area contributed by atoms with E-state index in [0.717, 1.165) is 13.2 Å². The molecular weight excluding hydrogens is 192 g/mol. The topological polar surface area (TPSA) is 65.5 Å². The lowest BCUT2D eigenvalue weighted by atomic mass is 10.6. The Kier molecular flexibility index (Phi) is 5.73. The number of aliphatic hydroxyl groups excluding tert-OH is 2. The third kappa shape index (κ3) is 7.28. The van der Waals surface area contributed by atoms with E-state index >= 15 is 0 Å². The Hall–Kier alpha value is 0.190. The predicted molar refractivity (Wildman–Crippen MR) is 51.0 cm³/mol. The Labute approximate surface area is 82.2 Å². The number of rotatable bonds is 5. The lowest BCUT2D eigenvalue weighted by Crippen LogP contribution is -1.95. The standard InChI is InChI=1S/C6H10O2S.C2H6O2/c1-5(7-1)3-9-4-6-2-8-6;3-1-2-4/h5-6H,1-4H2;3-4H,1-2H2. The Morgan fingerprint density at radius 3 is 1.62 bits per heavy atom. The molecule has 0 bridgehead atoms. The Morgan fingerprint density at radius 2 is 1.38 bits per heavy atom. The van der Waals surface area contributed by atoms with E-state index in [2.05, 4.69) is 0 Å². The van der Waals surface area contributed by atoms with Crippen LogP contribution in [0, 0.1) is 0 Å². The lowest BCUT2D eigenvalue weighted by molar-refractivity contribution is 0.186. The van der Waals surface area contributed by atoms with E-state index in [1.54, 1.807) is 0 Å². The highest BCUT2D eigenvalue weighted by Crippen LogP contribution is 2.20. The van der Waals surface area contributed by atoms with E-state index in [1.165, 1.54) is 11.5 Å². The van der Waals surface area contributed by atoms with Crippen molar-refractivity contribution in [1.82, 2.24) is 0 Å². The first-order chi connectivity index (χ1) is 6.36. The van der Waals surface area contributed by atoms with Gasteiger partial charge in [0.25, 0.3) is 0 Å². The minimum Gasteiger partial charge on any atom is -0.394 e. The zero-order valence-corrected chi connectivity index (χ0v) is 8.33. The molecule has 2 saturated heterocycles. The fourth-order valence-electron chi connectivity index (χ4n) is 0.659. The maximum absolute atomic E-state index is 7.62. The number of ether oxygens (including phenoxy) is 2. The minimum absolute atomic E-state index is 0.125. The Morgan fingerprint density at radius 1 is 1.00 bits per heavy atom. The molecule has 0 amide bonds. The summed E-state index contributed by atoms with van der Waals surface area (Å²) in [4.78, 5) is 0. The van der Waals surface area contributed by atoms with Crippen molar-refractivity contribution in [3.63, 3.8) is 0 Å². The zero-order valence-electron chi connectivity index (χ0n) is 7.52. The van der Waals surface area contributed by atoms with Crippen molar-refractivity contribution < 1.29 is 19.7 Å². The molecule has 13 heavy (non-hydrogen) atoms. The molecule has 2 rings (SSSR count). The summed E-state index contributed by atoms with van der Waals surface area (Å²) in [5, 5.41) is 15.2. The molecular formula is C8H16O4S. The quantitative estimate of drug-likeness (QED) is 0.596. The monoisotopic (exact) mass is 208 g/mol. The van der Waals surface area contributed by atoms with Crippen LogP contribution in [0.25, 0.3) is 0 Å². The molecule has 0 aliphatic carbocycles. The summed E-state index contributed by atoms with van der Waals surface area (Å²) in [6, 6.07) is 0. The zero-order chi connectivity index (χ0) is 9.52. The van der Waals surface area contributed by atoms with Crippen LogP contribution in [0.1, 0.15) is 0 Å². The second-order valence-corrected chi connectivity index (χ2v) is 3.97. The molecule has 2 atom stereocenters. The van der Waals surface area contributed by atoms with E-state index in [1.807, 2.05) is 11.8 Å². The molecule has 2 aliphatic heterocycles. The molecule has 5 heteroatoms. The van der Waals surface area contributed by atoms with Crippen molar-refractivity contribution in [2.75, 3.05) is 37.9 Å². The smallest absolute Gasteiger partial charge is 0.0900 e. The molecule has 0 aromatic heterocycles. The first-order valence-electron chi connectivity index (χ1n) is 4.39. The van der Waals surface area contributed by atoms with Crippen LogP contribution in [0.15, 0.2) is 0 Å². The van der Waals surface area contributed by atoms with Crippen LogP contribution in [-0.2, 0) is 9.47 Å². The minimum atomic E-state index is -0.125. The summed E-state index contributed by atoms with van der Waals surface area (Å²) >= 11 is 1.94. The van der Waals surface area contributed by atoms with Gasteiger partial charge in [0.2, 0.25) is 0 Å². The highest BCUT2D eigenvalue weighted by Gasteiger charge is 2.26. The number of hydrogen-bond donors (Lipinski definition) is 2. The third-order valence-electron chi connectivity index (χ3n) is 1.51. The molecule has 0 aromatic carbocycles. The van der Waals surface area contributed by atoms with Crippen LogP contribution in [0.2, 0.25) is 0 Å². The third-order valence-corrected chi connectivity index (χ3v) is 2.73. The van der Waals surface area contributed by atoms with E-state index in [-0.39, 0.29) is 13.2 Å². The molecule has 2 aliphatic rings. The molecule has 0 aromatic rings. The maximum atomic E-state index is 7.62. The van der Waals surface area contributed by atoms with Crippen LogP contribution < -0.4 is 0 Å². The van der Waals surface area contributed by atoms with E-state index in [4.69, 9.17) is 19.7 Å². The number of thioether (sulfide) groups is 1. The molecule has 78 valence electrons. The van der Waals surface area contributed by atoms with Crippen LogP contribution in [0.4, 0.5) is 0 Å². The van der Waals surface area contributed by atoms with Crippen molar-refractivity contribution in [2.45, 2.75) is 12.2 Å². The van der Waals surface area contributed by atoms with E-state index in [0.29, 0.717) is 12.2 Å². The summed E-state index contributed by atoms with van der Waals surface area (Å²) in [6.07, 6.45) is 1.16. The second kappa shape index (κ2) is 6.62. The van der Waals surface area contributed by atoms with Gasteiger partial charge < -0.3 is 19.7 Å². The summed E-state index contributed by atoms with van der Waals surface area (Å²) in [5.74, 6) is 2.33. The van der Waals surface area contributed by atoms with Gasteiger partial charge in [0.15, 0.2) is 0 Å². The van der Waals surface area contributed by atoms with Gasteiger partial charge in [-0.3, -0.25) is 0 Å². The summed E-state index contributed by atoms with van der Waals surface area (Å²) in [6.45, 7) is 1.72. The summed E-state index contributed by atoms with van der Waals surface area (Å²) in [7, 11) is 0. The van der Waals surface area contributed by atoms with Crippen LogP contribution in [0.3, 0.4) is 0 Å². The fourth-order valence-corrected chi connectivity index (χ4v) is 1.71. The molecule has 2 heterocycles. The lowest BCUT2D eigenvalue weighted by Gasteiger charge is -1.91. The number of aliphatic hydroxyl groups is 2. The SMILES string of the molecule is C1OC1CSCC1CO1.OCCO. The summed E-state index contributed by atoms with van der Waals surface area (Å²) in [5.41, 5.74) is 0. The van der Waals surface area contributed by atoms with Crippen LogP contribution >= 0.6 is 11.8 Å². The molecule has 2 fully saturated rings. The average molecular weight is 208 g/mol. The van der Waals surface area contributed by atoms with E-state index < -0.39 is 0 Å². The van der Waals surface area contributed by atoms with Crippen molar-refractivity contribution in [3.8, 4) is 0 Å². The number of hydrogen-bond acceptors (Lipinski definition) is 5. The van der Waals surface area contributed by atoms with Gasteiger partial charge in [-0.2, -0.15) is 11.8 Å². The molecule has 2 unspecified atom stereocenters. The van der Waals surface area contributed by atoms with Gasteiger partial charge in [-0.15, -0.1) is 0 Å². The first-order valence-corrected chi connectivity index (χ1v) is 5.55. The van der Waals surface area contributed by atoms with Crippen LogP contribution in [-0.4, -0.2) is 60.4 Å². The normalized spacial score (nSPS) is 29.1. The van der Waals surface area contributed by atoms with Crippen LogP contribution in [0.5, 0.6) is 0 Å². The highest BCUT2D eigenvalue weighted by molar-refractivity contribution is 7.99. The predicted octanol–water partition coefficient (Wildman–Crippen LogP) is -0.512. The fraction of sp³-hybridized carbons (Fsp3) is 1.00. The largest absolute Gasteiger partial charge is 0.394 e. The second-order valence-electron chi connectivity index (χ2n) is 2.90. The highest BCUT2D eigenvalue weighted by atomic mass is 32.2. The maximum Gasteiger partial charge on any atom is 0.0900 e. The van der Waals surface area contributed by atoms with Gasteiger partial charge in [-0.25, -0.2) is 0 Å². The van der Waals surface area contributed by atoms with Crippen molar-refractivity contribution in [2.24, 2.45) is 0 Å². The van der Waals surface area contributed by atoms with Gasteiger partial charge in [0, 0.05) is 11.5 Å². The van der Waals surface area contributed by atoms with E-state index in [9.17, 15) is 0 Å². The molecule has 4 nitrogen and oxygen atoms in total.